The van der Waals surface area contributed by atoms with Gasteiger partial charge >= 0.3 is 0 Å². The van der Waals surface area contributed by atoms with Crippen LogP contribution in [-0.2, 0) is 0 Å². The molecule has 0 aliphatic heterocycles. The predicted molar refractivity (Wildman–Crippen MR) is 67.4 cm³/mol. The van der Waals surface area contributed by atoms with Crippen LogP contribution in [0.1, 0.15) is 38.3 Å². The van der Waals surface area contributed by atoms with Gasteiger partial charge < -0.3 is 5.73 Å². The summed E-state index contributed by atoms with van der Waals surface area (Å²) >= 11 is 11.6. The monoisotopic (exact) mass is 263 g/mol. The molecule has 90 valence electrons. The molecule has 0 aliphatic rings. The third-order valence-electron chi connectivity index (χ3n) is 2.51. The van der Waals surface area contributed by atoms with E-state index in [4.69, 9.17) is 28.9 Å². The largest absolute Gasteiger partial charge is 0.324 e. The van der Waals surface area contributed by atoms with Gasteiger partial charge in [-0.3, -0.25) is 0 Å². The number of hydrogen-bond donors (Lipinski definition) is 1. The Morgan fingerprint density at radius 1 is 1.19 bits per heavy atom. The van der Waals surface area contributed by atoms with Crippen LogP contribution in [0.25, 0.3) is 0 Å². The van der Waals surface area contributed by atoms with Gasteiger partial charge in [-0.2, -0.15) is 0 Å². The van der Waals surface area contributed by atoms with Crippen LogP contribution in [0.2, 0.25) is 10.0 Å². The maximum atomic E-state index is 13.7. The van der Waals surface area contributed by atoms with Gasteiger partial charge in [0.1, 0.15) is 5.82 Å². The number of hydrogen-bond acceptors (Lipinski definition) is 1. The molecule has 0 radical (unpaired) electrons. The molecule has 1 nitrogen and oxygen atoms in total. The normalized spacial score (nSPS) is 13.2. The zero-order chi connectivity index (χ0) is 12.3. The van der Waals surface area contributed by atoms with Gasteiger partial charge in [0, 0.05) is 16.6 Å². The second-order valence-electron chi connectivity index (χ2n) is 4.33. The van der Waals surface area contributed by atoms with Crippen molar-refractivity contribution in [2.45, 2.75) is 32.7 Å². The molecule has 1 aromatic carbocycles. The Kier molecular flexibility index (Phi) is 5.03. The van der Waals surface area contributed by atoms with Crippen molar-refractivity contribution in [1.29, 1.82) is 0 Å². The van der Waals surface area contributed by atoms with E-state index in [9.17, 15) is 4.39 Å². The van der Waals surface area contributed by atoms with E-state index >= 15 is 0 Å². The van der Waals surface area contributed by atoms with Crippen LogP contribution < -0.4 is 5.73 Å². The highest BCUT2D eigenvalue weighted by Crippen LogP contribution is 2.31. The van der Waals surface area contributed by atoms with Crippen molar-refractivity contribution in [3.63, 3.8) is 0 Å². The lowest BCUT2D eigenvalue weighted by Gasteiger charge is -2.16. The zero-order valence-electron chi connectivity index (χ0n) is 9.43. The highest BCUT2D eigenvalue weighted by atomic mass is 35.5. The summed E-state index contributed by atoms with van der Waals surface area (Å²) in [4.78, 5) is 0. The van der Waals surface area contributed by atoms with Gasteiger partial charge in [-0.1, -0.05) is 37.0 Å². The lowest BCUT2D eigenvalue weighted by atomic mass is 9.98. The van der Waals surface area contributed by atoms with E-state index in [1.54, 1.807) is 6.07 Å². The van der Waals surface area contributed by atoms with Crippen molar-refractivity contribution in [1.82, 2.24) is 0 Å². The average molecular weight is 264 g/mol. The minimum absolute atomic E-state index is 0.0689. The van der Waals surface area contributed by atoms with Crippen molar-refractivity contribution in [2.24, 2.45) is 11.7 Å². The lowest BCUT2D eigenvalue weighted by molar-refractivity contribution is 0.491. The van der Waals surface area contributed by atoms with Crippen LogP contribution in [-0.4, -0.2) is 0 Å². The molecule has 0 heterocycles. The fourth-order valence-corrected chi connectivity index (χ4v) is 1.99. The van der Waals surface area contributed by atoms with Gasteiger partial charge in [-0.25, -0.2) is 4.39 Å². The predicted octanol–water partition coefficient (Wildman–Crippen LogP) is 4.57. The fourth-order valence-electron chi connectivity index (χ4n) is 1.54. The van der Waals surface area contributed by atoms with Crippen LogP contribution >= 0.6 is 23.2 Å². The third kappa shape index (κ3) is 3.34. The molecule has 4 heteroatoms. The average Bonchev–Trinajstić information content (AvgIpc) is 2.21. The van der Waals surface area contributed by atoms with E-state index in [-0.39, 0.29) is 5.02 Å². The molecule has 0 aromatic heterocycles. The van der Waals surface area contributed by atoms with Gasteiger partial charge in [0.05, 0.1) is 5.02 Å². The topological polar surface area (TPSA) is 26.0 Å². The minimum Gasteiger partial charge on any atom is -0.324 e. The zero-order valence-corrected chi connectivity index (χ0v) is 10.9. The standard InChI is InChI=1S/C12H16Cl2FN/c1-7(2)3-6-10(16)11-8(13)4-5-9(14)12(11)15/h4-5,7,10H,3,6,16H2,1-2H3/t10-/m0/s1. The number of halogens is 3. The van der Waals surface area contributed by atoms with E-state index < -0.39 is 11.9 Å². The van der Waals surface area contributed by atoms with Crippen molar-refractivity contribution >= 4 is 23.2 Å². The Bertz CT molecular complexity index is 366. The first-order valence-corrected chi connectivity index (χ1v) is 6.08. The summed E-state index contributed by atoms with van der Waals surface area (Å²) in [6.07, 6.45) is 1.64. The number of nitrogens with two attached hydrogens (primary N) is 1. The summed E-state index contributed by atoms with van der Waals surface area (Å²) in [6, 6.07) is 2.63. The summed E-state index contributed by atoms with van der Waals surface area (Å²) in [5.74, 6) is 0.0393. The molecular weight excluding hydrogens is 248 g/mol. The Hall–Kier alpha value is -0.310. The molecule has 2 N–H and O–H groups in total. The Morgan fingerprint density at radius 2 is 1.75 bits per heavy atom. The smallest absolute Gasteiger partial charge is 0.148 e. The third-order valence-corrected chi connectivity index (χ3v) is 3.13. The van der Waals surface area contributed by atoms with Gasteiger partial charge in [0.15, 0.2) is 0 Å². The van der Waals surface area contributed by atoms with Crippen molar-refractivity contribution < 1.29 is 4.39 Å². The summed E-state index contributed by atoms with van der Waals surface area (Å²) in [6.45, 7) is 4.20. The van der Waals surface area contributed by atoms with Crippen molar-refractivity contribution in [3.8, 4) is 0 Å². The summed E-state index contributed by atoms with van der Waals surface area (Å²) < 4.78 is 13.7. The molecular formula is C12H16Cl2FN. The molecule has 1 rings (SSSR count). The van der Waals surface area contributed by atoms with Gasteiger partial charge in [0.2, 0.25) is 0 Å². The molecule has 0 bridgehead atoms. The molecule has 16 heavy (non-hydrogen) atoms. The molecule has 0 spiro atoms. The van der Waals surface area contributed by atoms with Crippen LogP contribution in [0.5, 0.6) is 0 Å². The Labute approximate surface area is 106 Å². The van der Waals surface area contributed by atoms with Crippen LogP contribution in [0.4, 0.5) is 4.39 Å². The first-order chi connectivity index (χ1) is 7.43. The highest BCUT2D eigenvalue weighted by Gasteiger charge is 2.18. The van der Waals surface area contributed by atoms with E-state index in [1.165, 1.54) is 6.07 Å². The van der Waals surface area contributed by atoms with Crippen molar-refractivity contribution in [3.05, 3.63) is 33.6 Å². The van der Waals surface area contributed by atoms with Crippen LogP contribution in [0.3, 0.4) is 0 Å². The van der Waals surface area contributed by atoms with Crippen molar-refractivity contribution in [2.75, 3.05) is 0 Å². The van der Waals surface area contributed by atoms with E-state index in [0.29, 0.717) is 22.9 Å². The molecule has 1 aromatic rings. The van der Waals surface area contributed by atoms with Crippen LogP contribution in [0.15, 0.2) is 12.1 Å². The highest BCUT2D eigenvalue weighted by molar-refractivity contribution is 6.33. The second kappa shape index (κ2) is 5.85. The SMILES string of the molecule is CC(C)CC[C@H](N)c1c(Cl)ccc(Cl)c1F. The summed E-state index contributed by atoms with van der Waals surface area (Å²) in [5, 5.41) is 0.414. The molecule has 0 saturated heterocycles. The molecule has 0 saturated carbocycles. The van der Waals surface area contributed by atoms with E-state index in [2.05, 4.69) is 13.8 Å². The van der Waals surface area contributed by atoms with E-state index in [0.717, 1.165) is 6.42 Å². The van der Waals surface area contributed by atoms with E-state index in [1.807, 2.05) is 0 Å². The quantitative estimate of drug-likeness (QED) is 0.792. The molecule has 0 fully saturated rings. The maximum Gasteiger partial charge on any atom is 0.148 e. The molecule has 1 atom stereocenters. The summed E-state index contributed by atoms with van der Waals surface area (Å²) in [7, 11) is 0. The minimum atomic E-state index is -0.495. The number of rotatable bonds is 4. The fraction of sp³-hybridized carbons (Fsp3) is 0.500. The maximum absolute atomic E-state index is 13.7. The number of benzene rings is 1. The van der Waals surface area contributed by atoms with Crippen LogP contribution in [0, 0.1) is 11.7 Å². The Morgan fingerprint density at radius 3 is 2.31 bits per heavy atom. The summed E-state index contributed by atoms with van der Waals surface area (Å²) in [5.41, 5.74) is 6.26. The van der Waals surface area contributed by atoms with Gasteiger partial charge in [-0.15, -0.1) is 0 Å². The first-order valence-electron chi connectivity index (χ1n) is 5.32. The molecule has 0 aliphatic carbocycles. The first kappa shape index (κ1) is 13.8. The second-order valence-corrected chi connectivity index (χ2v) is 5.15. The van der Waals surface area contributed by atoms with Gasteiger partial charge in [-0.05, 0) is 30.9 Å². The molecule has 0 unspecified atom stereocenters. The molecule has 0 amide bonds. The lowest BCUT2D eigenvalue weighted by Crippen LogP contribution is -2.14. The Balaban J connectivity index is 2.90. The van der Waals surface area contributed by atoms with Gasteiger partial charge in [0.25, 0.3) is 0 Å².